The van der Waals surface area contributed by atoms with Gasteiger partial charge in [-0.25, -0.2) is 0 Å². The fourth-order valence-electron chi connectivity index (χ4n) is 2.69. The molecule has 0 aliphatic heterocycles. The molecule has 0 heterocycles. The fraction of sp³-hybridized carbons (Fsp3) is 0.562. The van der Waals surface area contributed by atoms with Crippen molar-refractivity contribution in [2.24, 2.45) is 0 Å². The minimum Gasteiger partial charge on any atom is -0.376 e. The summed E-state index contributed by atoms with van der Waals surface area (Å²) in [4.78, 5) is 11.9. The van der Waals surface area contributed by atoms with E-state index in [1.165, 1.54) is 25.0 Å². The summed E-state index contributed by atoms with van der Waals surface area (Å²) in [6, 6.07) is 5.07. The smallest absolute Gasteiger partial charge is 0.376 e. The molecule has 0 atom stereocenters. The zero-order chi connectivity index (χ0) is 16.0. The Bertz CT molecular complexity index is 494. The average Bonchev–Trinajstić information content (AvgIpc) is 2.73. The third-order valence-electron chi connectivity index (χ3n) is 3.86. The molecular formula is C16H21F3N2O. The number of alkyl halides is 3. The Morgan fingerprint density at radius 1 is 1.14 bits per heavy atom. The van der Waals surface area contributed by atoms with Gasteiger partial charge < -0.3 is 10.6 Å². The number of hydrogen-bond acceptors (Lipinski definition) is 2. The normalized spacial score (nSPS) is 16.9. The molecule has 6 heteroatoms. The van der Waals surface area contributed by atoms with E-state index in [0.717, 1.165) is 37.8 Å². The van der Waals surface area contributed by atoms with E-state index in [0.29, 0.717) is 5.69 Å². The fourth-order valence-corrected chi connectivity index (χ4v) is 2.69. The van der Waals surface area contributed by atoms with E-state index < -0.39 is 11.7 Å². The SMILES string of the molecule is O=C(CNc1cccc(C(F)(F)F)c1)NC1CCCCCC1. The Hall–Kier alpha value is -1.72. The Morgan fingerprint density at radius 3 is 2.45 bits per heavy atom. The van der Waals surface area contributed by atoms with Gasteiger partial charge in [-0.05, 0) is 31.0 Å². The quantitative estimate of drug-likeness (QED) is 0.826. The maximum absolute atomic E-state index is 12.6. The molecule has 0 radical (unpaired) electrons. The van der Waals surface area contributed by atoms with Crippen molar-refractivity contribution in [3.63, 3.8) is 0 Å². The van der Waals surface area contributed by atoms with Gasteiger partial charge in [-0.15, -0.1) is 0 Å². The highest BCUT2D eigenvalue weighted by molar-refractivity contribution is 5.81. The molecule has 122 valence electrons. The van der Waals surface area contributed by atoms with Gasteiger partial charge in [0.15, 0.2) is 0 Å². The first-order valence-corrected chi connectivity index (χ1v) is 7.65. The molecule has 0 bridgehead atoms. The second-order valence-electron chi connectivity index (χ2n) is 5.69. The molecule has 0 unspecified atom stereocenters. The first-order chi connectivity index (χ1) is 10.4. The molecule has 1 amide bonds. The highest BCUT2D eigenvalue weighted by atomic mass is 19.4. The number of amides is 1. The monoisotopic (exact) mass is 314 g/mol. The van der Waals surface area contributed by atoms with E-state index in [1.807, 2.05) is 0 Å². The van der Waals surface area contributed by atoms with Crippen molar-refractivity contribution in [3.05, 3.63) is 29.8 Å². The maximum atomic E-state index is 12.6. The second kappa shape index (κ2) is 7.51. The van der Waals surface area contributed by atoms with E-state index in [9.17, 15) is 18.0 Å². The predicted octanol–water partition coefficient (Wildman–Crippen LogP) is 3.96. The van der Waals surface area contributed by atoms with Crippen LogP contribution in [0.2, 0.25) is 0 Å². The number of carbonyl (C=O) groups excluding carboxylic acids is 1. The number of carbonyl (C=O) groups is 1. The first kappa shape index (κ1) is 16.6. The zero-order valence-corrected chi connectivity index (χ0v) is 12.4. The van der Waals surface area contributed by atoms with E-state index in [2.05, 4.69) is 10.6 Å². The molecule has 3 nitrogen and oxygen atoms in total. The van der Waals surface area contributed by atoms with Gasteiger partial charge in [0, 0.05) is 11.7 Å². The number of rotatable bonds is 4. The third-order valence-corrected chi connectivity index (χ3v) is 3.86. The van der Waals surface area contributed by atoms with Crippen LogP contribution in [0.1, 0.15) is 44.1 Å². The van der Waals surface area contributed by atoms with Gasteiger partial charge in [0.2, 0.25) is 5.91 Å². The van der Waals surface area contributed by atoms with Crippen LogP contribution in [0.3, 0.4) is 0 Å². The molecule has 1 aliphatic rings. The zero-order valence-electron chi connectivity index (χ0n) is 12.4. The summed E-state index contributed by atoms with van der Waals surface area (Å²) >= 11 is 0. The largest absolute Gasteiger partial charge is 0.416 e. The van der Waals surface area contributed by atoms with Crippen LogP contribution in [0.5, 0.6) is 0 Å². The van der Waals surface area contributed by atoms with E-state index in [-0.39, 0.29) is 18.5 Å². The summed E-state index contributed by atoms with van der Waals surface area (Å²) in [5.41, 5.74) is -0.424. The molecule has 2 N–H and O–H groups in total. The molecule has 0 saturated heterocycles. The molecule has 1 aromatic rings. The Kier molecular flexibility index (Phi) is 5.69. The van der Waals surface area contributed by atoms with Gasteiger partial charge in [0.25, 0.3) is 0 Å². The molecule has 0 spiro atoms. The van der Waals surface area contributed by atoms with Crippen LogP contribution in [0.25, 0.3) is 0 Å². The Morgan fingerprint density at radius 2 is 1.82 bits per heavy atom. The van der Waals surface area contributed by atoms with Crippen molar-refractivity contribution in [1.29, 1.82) is 0 Å². The highest BCUT2D eigenvalue weighted by Gasteiger charge is 2.30. The lowest BCUT2D eigenvalue weighted by atomic mass is 10.1. The number of anilines is 1. The average molecular weight is 314 g/mol. The molecule has 1 aliphatic carbocycles. The lowest BCUT2D eigenvalue weighted by Crippen LogP contribution is -2.38. The molecule has 1 fully saturated rings. The topological polar surface area (TPSA) is 41.1 Å². The van der Waals surface area contributed by atoms with Crippen molar-refractivity contribution < 1.29 is 18.0 Å². The Balaban J connectivity index is 1.83. The summed E-state index contributed by atoms with van der Waals surface area (Å²) in [6.45, 7) is -0.0161. The summed E-state index contributed by atoms with van der Waals surface area (Å²) < 4.78 is 37.8. The summed E-state index contributed by atoms with van der Waals surface area (Å²) in [6.07, 6.45) is 2.23. The lowest BCUT2D eigenvalue weighted by Gasteiger charge is -2.17. The van der Waals surface area contributed by atoms with Crippen molar-refractivity contribution >= 4 is 11.6 Å². The first-order valence-electron chi connectivity index (χ1n) is 7.65. The predicted molar refractivity (Wildman–Crippen MR) is 79.6 cm³/mol. The van der Waals surface area contributed by atoms with Crippen LogP contribution < -0.4 is 10.6 Å². The molecular weight excluding hydrogens is 293 g/mol. The van der Waals surface area contributed by atoms with Gasteiger partial charge >= 0.3 is 6.18 Å². The van der Waals surface area contributed by atoms with Gasteiger partial charge in [-0.2, -0.15) is 13.2 Å². The van der Waals surface area contributed by atoms with Crippen molar-refractivity contribution in [3.8, 4) is 0 Å². The maximum Gasteiger partial charge on any atom is 0.416 e. The van der Waals surface area contributed by atoms with Gasteiger partial charge in [0.1, 0.15) is 0 Å². The van der Waals surface area contributed by atoms with Crippen LogP contribution in [0.4, 0.5) is 18.9 Å². The number of nitrogens with one attached hydrogen (secondary N) is 2. The van der Waals surface area contributed by atoms with E-state index >= 15 is 0 Å². The number of hydrogen-bond donors (Lipinski definition) is 2. The summed E-state index contributed by atoms with van der Waals surface area (Å²) in [7, 11) is 0. The third kappa shape index (κ3) is 5.24. The summed E-state index contributed by atoms with van der Waals surface area (Å²) in [5, 5.41) is 5.70. The van der Waals surface area contributed by atoms with Crippen LogP contribution in [0.15, 0.2) is 24.3 Å². The van der Waals surface area contributed by atoms with Crippen LogP contribution in [0, 0.1) is 0 Å². The van der Waals surface area contributed by atoms with Crippen LogP contribution in [-0.4, -0.2) is 18.5 Å². The second-order valence-corrected chi connectivity index (χ2v) is 5.69. The minimum absolute atomic E-state index is 0.0161. The van der Waals surface area contributed by atoms with E-state index in [1.54, 1.807) is 0 Å². The highest BCUT2D eigenvalue weighted by Crippen LogP contribution is 2.30. The molecule has 2 rings (SSSR count). The van der Waals surface area contributed by atoms with Crippen LogP contribution in [-0.2, 0) is 11.0 Å². The molecule has 0 aromatic heterocycles. The number of benzene rings is 1. The minimum atomic E-state index is -4.37. The summed E-state index contributed by atoms with van der Waals surface area (Å²) in [5.74, 6) is -0.177. The van der Waals surface area contributed by atoms with E-state index in [4.69, 9.17) is 0 Å². The molecule has 22 heavy (non-hydrogen) atoms. The number of halogens is 3. The van der Waals surface area contributed by atoms with Crippen LogP contribution >= 0.6 is 0 Å². The van der Waals surface area contributed by atoms with Gasteiger partial charge in [0.05, 0.1) is 12.1 Å². The van der Waals surface area contributed by atoms with Gasteiger partial charge in [-0.1, -0.05) is 31.7 Å². The van der Waals surface area contributed by atoms with Gasteiger partial charge in [-0.3, -0.25) is 4.79 Å². The molecule has 1 saturated carbocycles. The Labute approximate surface area is 128 Å². The van der Waals surface area contributed by atoms with Crippen molar-refractivity contribution in [1.82, 2.24) is 5.32 Å². The van der Waals surface area contributed by atoms with Crippen molar-refractivity contribution in [2.45, 2.75) is 50.7 Å². The standard InChI is InChI=1S/C16H21F3N2O/c17-16(18,19)12-6-5-9-14(10-12)20-11-15(22)21-13-7-3-1-2-4-8-13/h5-6,9-10,13,20H,1-4,7-8,11H2,(H,21,22). The molecule has 1 aromatic carbocycles. The van der Waals surface area contributed by atoms with Crippen molar-refractivity contribution in [2.75, 3.05) is 11.9 Å². The lowest BCUT2D eigenvalue weighted by molar-refractivity contribution is -0.137.